The van der Waals surface area contributed by atoms with Gasteiger partial charge in [0.2, 0.25) is 5.91 Å². The lowest BCUT2D eigenvalue weighted by Crippen LogP contribution is -2.39. The zero-order valence-electron chi connectivity index (χ0n) is 17.1. The maximum Gasteiger partial charge on any atom is 0.241 e. The van der Waals surface area contributed by atoms with Gasteiger partial charge in [-0.2, -0.15) is 0 Å². The summed E-state index contributed by atoms with van der Waals surface area (Å²) in [7, 11) is 0. The smallest absolute Gasteiger partial charge is 0.241 e. The Balaban J connectivity index is 1.20. The minimum absolute atomic E-state index is 0.0445. The van der Waals surface area contributed by atoms with Crippen LogP contribution in [0.4, 0.5) is 5.69 Å². The maximum atomic E-state index is 12.8. The molecule has 0 bridgehead atoms. The monoisotopic (exact) mass is 396 g/mol. The molecular formula is C23H32N4O2. The Morgan fingerprint density at radius 1 is 1.14 bits per heavy atom. The predicted molar refractivity (Wildman–Crippen MR) is 115 cm³/mol. The lowest BCUT2D eigenvalue weighted by Gasteiger charge is -2.26. The summed E-state index contributed by atoms with van der Waals surface area (Å²) in [6.07, 6.45) is 8.23. The number of ether oxygens (including phenoxy) is 1. The number of carbonyl (C=O) groups is 1. The van der Waals surface area contributed by atoms with Gasteiger partial charge in [-0.25, -0.2) is 0 Å². The molecule has 2 saturated heterocycles. The summed E-state index contributed by atoms with van der Waals surface area (Å²) in [5, 5.41) is 7.90. The Morgan fingerprint density at radius 3 is 2.86 bits per heavy atom. The zero-order valence-corrected chi connectivity index (χ0v) is 17.1. The Morgan fingerprint density at radius 2 is 2.00 bits per heavy atom. The summed E-state index contributed by atoms with van der Waals surface area (Å²) in [6.45, 7) is 5.74. The topological polar surface area (TPSA) is 58.5 Å². The summed E-state index contributed by atoms with van der Waals surface area (Å²) in [6, 6.07) is 8.91. The predicted octanol–water partition coefficient (Wildman–Crippen LogP) is 2.83. The summed E-state index contributed by atoms with van der Waals surface area (Å²) in [5.74, 6) is 0.799. The highest BCUT2D eigenvalue weighted by molar-refractivity contribution is 5.97. The van der Waals surface area contributed by atoms with Gasteiger partial charge >= 0.3 is 0 Å². The van der Waals surface area contributed by atoms with E-state index in [0.29, 0.717) is 12.0 Å². The van der Waals surface area contributed by atoms with Gasteiger partial charge in [-0.3, -0.25) is 9.69 Å². The Bertz CT molecular complexity index is 844. The number of hydrogen-bond acceptors (Lipinski definition) is 4. The van der Waals surface area contributed by atoms with E-state index in [1.165, 1.54) is 36.6 Å². The van der Waals surface area contributed by atoms with Crippen LogP contribution in [0, 0.1) is 5.92 Å². The number of aromatic nitrogens is 1. The van der Waals surface area contributed by atoms with Crippen molar-refractivity contribution in [1.29, 1.82) is 0 Å². The molecule has 1 aromatic carbocycles. The van der Waals surface area contributed by atoms with Crippen LogP contribution >= 0.6 is 0 Å². The van der Waals surface area contributed by atoms with Crippen LogP contribution in [-0.4, -0.2) is 60.3 Å². The van der Waals surface area contributed by atoms with E-state index in [9.17, 15) is 4.79 Å². The Labute approximate surface area is 172 Å². The van der Waals surface area contributed by atoms with Crippen LogP contribution in [0.25, 0.3) is 10.9 Å². The lowest BCUT2D eigenvalue weighted by molar-refractivity contribution is -0.117. The molecule has 3 heterocycles. The summed E-state index contributed by atoms with van der Waals surface area (Å²) in [4.78, 5) is 15.2. The van der Waals surface area contributed by atoms with E-state index in [4.69, 9.17) is 4.74 Å². The van der Waals surface area contributed by atoms with Crippen LogP contribution in [0.5, 0.6) is 0 Å². The number of nitrogens with one attached hydrogen (secondary N) is 2. The maximum absolute atomic E-state index is 12.8. The van der Waals surface area contributed by atoms with Crippen molar-refractivity contribution in [3.05, 3.63) is 30.5 Å². The third-order valence-corrected chi connectivity index (χ3v) is 6.98. The molecule has 6 nitrogen and oxygen atoms in total. The van der Waals surface area contributed by atoms with Crippen molar-refractivity contribution in [2.45, 2.75) is 50.7 Å². The van der Waals surface area contributed by atoms with Crippen LogP contribution in [0.2, 0.25) is 0 Å². The summed E-state index contributed by atoms with van der Waals surface area (Å²) in [5.41, 5.74) is 2.12. The van der Waals surface area contributed by atoms with Crippen LogP contribution in [0.1, 0.15) is 32.1 Å². The van der Waals surface area contributed by atoms with Gasteiger partial charge in [-0.1, -0.05) is 12.8 Å². The molecule has 0 radical (unpaired) electrons. The van der Waals surface area contributed by atoms with Gasteiger partial charge in [-0.05, 0) is 49.4 Å². The molecule has 29 heavy (non-hydrogen) atoms. The van der Waals surface area contributed by atoms with E-state index >= 15 is 0 Å². The number of anilines is 1. The van der Waals surface area contributed by atoms with Crippen molar-refractivity contribution < 1.29 is 9.53 Å². The first-order valence-electron chi connectivity index (χ1n) is 11.2. The SMILES string of the molecule is O=C(Nc1ccc2c(ccn2CCN2CCOCC2)c1)C1CC2CCCCC2N1. The molecule has 1 amide bonds. The highest BCUT2D eigenvalue weighted by Gasteiger charge is 2.38. The van der Waals surface area contributed by atoms with Crippen LogP contribution in [0.3, 0.4) is 0 Å². The van der Waals surface area contributed by atoms with Crippen molar-refractivity contribution in [1.82, 2.24) is 14.8 Å². The van der Waals surface area contributed by atoms with Gasteiger partial charge in [0.15, 0.2) is 0 Å². The minimum atomic E-state index is -0.0445. The molecule has 156 valence electrons. The zero-order chi connectivity index (χ0) is 19.6. The van der Waals surface area contributed by atoms with E-state index in [-0.39, 0.29) is 11.9 Å². The molecule has 3 aliphatic rings. The van der Waals surface area contributed by atoms with Crippen LogP contribution in [-0.2, 0) is 16.1 Å². The third kappa shape index (κ3) is 4.20. The fourth-order valence-corrected chi connectivity index (χ4v) is 5.30. The molecule has 1 aromatic heterocycles. The van der Waals surface area contributed by atoms with Gasteiger partial charge in [0.05, 0.1) is 19.3 Å². The van der Waals surface area contributed by atoms with Crippen LogP contribution < -0.4 is 10.6 Å². The summed E-state index contributed by atoms with van der Waals surface area (Å²) < 4.78 is 7.73. The van der Waals surface area contributed by atoms with Crippen molar-refractivity contribution in [2.24, 2.45) is 5.92 Å². The average Bonchev–Trinajstić information content (AvgIpc) is 3.37. The van der Waals surface area contributed by atoms with E-state index < -0.39 is 0 Å². The molecule has 1 saturated carbocycles. The number of nitrogens with zero attached hydrogens (tertiary/aromatic N) is 2. The van der Waals surface area contributed by atoms with Gasteiger partial charge in [0.1, 0.15) is 0 Å². The average molecular weight is 397 g/mol. The third-order valence-electron chi connectivity index (χ3n) is 6.98. The Hall–Kier alpha value is -1.89. The molecule has 0 spiro atoms. The molecule has 2 N–H and O–H groups in total. The highest BCUT2D eigenvalue weighted by Crippen LogP contribution is 2.33. The number of carbonyl (C=O) groups excluding carboxylic acids is 1. The summed E-state index contributed by atoms with van der Waals surface area (Å²) >= 11 is 0. The quantitative estimate of drug-likeness (QED) is 0.816. The van der Waals surface area contributed by atoms with Gasteiger partial charge < -0.3 is 19.9 Å². The fraction of sp³-hybridized carbons (Fsp3) is 0.609. The first-order valence-corrected chi connectivity index (χ1v) is 11.2. The molecular weight excluding hydrogens is 364 g/mol. The normalized spacial score (nSPS) is 27.8. The number of fused-ring (bicyclic) bond motifs is 2. The molecule has 2 aromatic rings. The lowest BCUT2D eigenvalue weighted by atomic mass is 9.85. The van der Waals surface area contributed by atoms with Gasteiger partial charge in [0.25, 0.3) is 0 Å². The van der Waals surface area contributed by atoms with E-state index in [1.807, 2.05) is 6.07 Å². The molecule has 3 unspecified atom stereocenters. The standard InChI is InChI=1S/C23H32N4O2/c28-23(21-16-17-3-1-2-4-20(17)25-21)24-19-5-6-22-18(15-19)7-8-27(22)10-9-26-11-13-29-14-12-26/h5-8,15,17,20-21,25H,1-4,9-14,16H2,(H,24,28). The van der Waals surface area contributed by atoms with Crippen LogP contribution in [0.15, 0.2) is 30.5 Å². The molecule has 2 aliphatic heterocycles. The minimum Gasteiger partial charge on any atom is -0.379 e. The number of hydrogen-bond donors (Lipinski definition) is 2. The van der Waals surface area contributed by atoms with Gasteiger partial charge in [-0.15, -0.1) is 0 Å². The second kappa shape index (κ2) is 8.46. The molecule has 6 heteroatoms. The number of benzene rings is 1. The van der Waals surface area contributed by atoms with Crippen molar-refractivity contribution in [3.63, 3.8) is 0 Å². The second-order valence-electron chi connectivity index (χ2n) is 8.83. The first-order chi connectivity index (χ1) is 14.3. The highest BCUT2D eigenvalue weighted by atomic mass is 16.5. The largest absolute Gasteiger partial charge is 0.379 e. The molecule has 3 atom stereocenters. The van der Waals surface area contributed by atoms with E-state index in [0.717, 1.165) is 51.5 Å². The molecule has 1 aliphatic carbocycles. The fourth-order valence-electron chi connectivity index (χ4n) is 5.30. The molecule has 5 rings (SSSR count). The second-order valence-corrected chi connectivity index (χ2v) is 8.83. The van der Waals surface area contributed by atoms with Gasteiger partial charge in [0, 0.05) is 55.0 Å². The van der Waals surface area contributed by atoms with Crippen molar-refractivity contribution >= 4 is 22.5 Å². The number of rotatable bonds is 5. The van der Waals surface area contributed by atoms with Crippen molar-refractivity contribution in [2.75, 3.05) is 38.2 Å². The van der Waals surface area contributed by atoms with E-state index in [2.05, 4.69) is 44.5 Å². The first kappa shape index (κ1) is 19.1. The number of amides is 1. The Kier molecular flexibility index (Phi) is 5.57. The molecule has 3 fully saturated rings. The van der Waals surface area contributed by atoms with E-state index in [1.54, 1.807) is 0 Å². The van der Waals surface area contributed by atoms with Crippen molar-refractivity contribution in [3.8, 4) is 0 Å². The number of morpholine rings is 1.